The van der Waals surface area contributed by atoms with Gasteiger partial charge in [-0.05, 0) is 50.3 Å². The van der Waals surface area contributed by atoms with Gasteiger partial charge in [-0.25, -0.2) is 4.98 Å². The molecule has 0 spiro atoms. The van der Waals surface area contributed by atoms with Crippen LogP contribution in [0.2, 0.25) is 0 Å². The van der Waals surface area contributed by atoms with Crippen LogP contribution in [0.3, 0.4) is 0 Å². The Labute approximate surface area is 146 Å². The Hall–Kier alpha value is -2.63. The maximum atomic E-state index is 12.5. The molecule has 1 aliphatic rings. The predicted octanol–water partition coefficient (Wildman–Crippen LogP) is 2.56. The van der Waals surface area contributed by atoms with Gasteiger partial charge in [0.05, 0.1) is 23.1 Å². The maximum Gasteiger partial charge on any atom is 0.242 e. The maximum absolute atomic E-state index is 12.5. The highest BCUT2D eigenvalue weighted by atomic mass is 16.2. The monoisotopic (exact) mass is 337 g/mol. The zero-order valence-corrected chi connectivity index (χ0v) is 14.5. The first-order chi connectivity index (χ1) is 12.2. The molecule has 0 aliphatic heterocycles. The predicted molar refractivity (Wildman–Crippen MR) is 96.4 cm³/mol. The lowest BCUT2D eigenvalue weighted by molar-refractivity contribution is -0.123. The summed E-state index contributed by atoms with van der Waals surface area (Å²) in [6, 6.07) is 7.57. The largest absolute Gasteiger partial charge is 0.354 e. The van der Waals surface area contributed by atoms with Gasteiger partial charge in [-0.2, -0.15) is 5.10 Å². The third kappa shape index (κ3) is 3.04. The number of nitrogens with zero attached hydrogens (tertiary/aromatic N) is 3. The minimum Gasteiger partial charge on any atom is -0.354 e. The van der Waals surface area contributed by atoms with E-state index in [1.54, 1.807) is 6.33 Å². The minimum atomic E-state index is -0.291. The summed E-state index contributed by atoms with van der Waals surface area (Å²) in [5.41, 5.74) is 5.65. The Bertz CT molecular complexity index is 894. The molecule has 130 valence electrons. The van der Waals surface area contributed by atoms with Crippen molar-refractivity contribution in [1.82, 2.24) is 25.1 Å². The van der Waals surface area contributed by atoms with E-state index in [4.69, 9.17) is 0 Å². The van der Waals surface area contributed by atoms with E-state index in [1.807, 2.05) is 35.8 Å². The van der Waals surface area contributed by atoms with E-state index >= 15 is 0 Å². The van der Waals surface area contributed by atoms with Crippen LogP contribution in [0.25, 0.3) is 11.0 Å². The minimum absolute atomic E-state index is 0.00700. The van der Waals surface area contributed by atoms with E-state index in [0.29, 0.717) is 6.54 Å². The Balaban J connectivity index is 1.38. The normalized spacial score (nSPS) is 15.1. The Morgan fingerprint density at radius 2 is 2.16 bits per heavy atom. The number of aromatic nitrogens is 4. The van der Waals surface area contributed by atoms with E-state index in [1.165, 1.54) is 24.1 Å². The highest BCUT2D eigenvalue weighted by Crippen LogP contribution is 2.22. The standard InChI is InChI=1S/C19H23N5O/c1-13(24-12-21-17-8-4-5-9-18(17)24)19(25)20-11-10-16-14-6-2-3-7-15(14)22-23-16/h4-5,8-9,12-13H,2-3,6-7,10-11H2,1H3,(H,20,25)(H,22,23)/t13-/m1/s1. The summed E-state index contributed by atoms with van der Waals surface area (Å²) >= 11 is 0. The summed E-state index contributed by atoms with van der Waals surface area (Å²) in [5, 5.41) is 10.6. The average molecular weight is 337 g/mol. The highest BCUT2D eigenvalue weighted by molar-refractivity contribution is 5.83. The summed E-state index contributed by atoms with van der Waals surface area (Å²) in [6.07, 6.45) is 7.18. The zero-order chi connectivity index (χ0) is 17.2. The topological polar surface area (TPSA) is 75.6 Å². The van der Waals surface area contributed by atoms with Gasteiger partial charge in [0.25, 0.3) is 0 Å². The molecule has 6 nitrogen and oxygen atoms in total. The molecule has 1 aromatic carbocycles. The van der Waals surface area contributed by atoms with Crippen molar-refractivity contribution in [3.05, 3.63) is 47.5 Å². The number of aromatic amines is 1. The van der Waals surface area contributed by atoms with Crippen LogP contribution in [-0.2, 0) is 24.1 Å². The fourth-order valence-corrected chi connectivity index (χ4v) is 3.62. The lowest BCUT2D eigenvalue weighted by Crippen LogP contribution is -2.32. The SMILES string of the molecule is C[C@H](C(=O)NCCc1n[nH]c2c1CCCC2)n1cnc2ccccc21. The van der Waals surface area contributed by atoms with E-state index < -0.39 is 0 Å². The number of para-hydroxylation sites is 2. The van der Waals surface area contributed by atoms with Gasteiger partial charge in [0.15, 0.2) is 0 Å². The van der Waals surface area contributed by atoms with Crippen molar-refractivity contribution in [2.75, 3.05) is 6.54 Å². The summed E-state index contributed by atoms with van der Waals surface area (Å²) < 4.78 is 1.92. The number of carbonyl (C=O) groups excluding carboxylic acids is 1. The molecule has 6 heteroatoms. The zero-order valence-electron chi connectivity index (χ0n) is 14.5. The number of imidazole rings is 1. The number of H-pyrrole nitrogens is 1. The second kappa shape index (κ2) is 6.70. The molecule has 2 N–H and O–H groups in total. The van der Waals surface area contributed by atoms with Crippen LogP contribution in [0.15, 0.2) is 30.6 Å². The van der Waals surface area contributed by atoms with Crippen molar-refractivity contribution >= 4 is 16.9 Å². The van der Waals surface area contributed by atoms with Crippen molar-refractivity contribution in [3.63, 3.8) is 0 Å². The van der Waals surface area contributed by atoms with E-state index in [0.717, 1.165) is 36.0 Å². The molecule has 3 aromatic rings. The molecule has 1 atom stereocenters. The Kier molecular flexibility index (Phi) is 4.26. The molecule has 4 rings (SSSR count). The summed E-state index contributed by atoms with van der Waals surface area (Å²) in [5.74, 6) is 0.00700. The first kappa shape index (κ1) is 15.9. The van der Waals surface area contributed by atoms with Crippen molar-refractivity contribution in [2.45, 2.75) is 45.1 Å². The summed E-state index contributed by atoms with van der Waals surface area (Å²) in [7, 11) is 0. The molecule has 1 amide bonds. The van der Waals surface area contributed by atoms with Crippen LogP contribution in [0.5, 0.6) is 0 Å². The lowest BCUT2D eigenvalue weighted by atomic mass is 9.95. The Morgan fingerprint density at radius 1 is 1.32 bits per heavy atom. The number of aryl methyl sites for hydroxylation is 1. The molecule has 0 saturated carbocycles. The van der Waals surface area contributed by atoms with Gasteiger partial charge >= 0.3 is 0 Å². The molecule has 0 radical (unpaired) electrons. The molecular weight excluding hydrogens is 314 g/mol. The van der Waals surface area contributed by atoms with Gasteiger partial charge < -0.3 is 9.88 Å². The second-order valence-electron chi connectivity index (χ2n) is 6.69. The fourth-order valence-electron chi connectivity index (χ4n) is 3.62. The molecule has 2 heterocycles. The number of rotatable bonds is 5. The number of amides is 1. The molecular formula is C19H23N5O. The van der Waals surface area contributed by atoms with Gasteiger partial charge in [-0.3, -0.25) is 9.89 Å². The van der Waals surface area contributed by atoms with Crippen molar-refractivity contribution in [2.24, 2.45) is 0 Å². The van der Waals surface area contributed by atoms with Crippen molar-refractivity contribution < 1.29 is 4.79 Å². The van der Waals surface area contributed by atoms with Crippen LogP contribution in [0.4, 0.5) is 0 Å². The molecule has 0 unspecified atom stereocenters. The number of fused-ring (bicyclic) bond motifs is 2. The van der Waals surface area contributed by atoms with E-state index in [9.17, 15) is 4.79 Å². The molecule has 2 aromatic heterocycles. The van der Waals surface area contributed by atoms with Crippen molar-refractivity contribution in [1.29, 1.82) is 0 Å². The van der Waals surface area contributed by atoms with Gasteiger partial charge in [0, 0.05) is 18.7 Å². The number of benzene rings is 1. The second-order valence-corrected chi connectivity index (χ2v) is 6.69. The van der Waals surface area contributed by atoms with Gasteiger partial charge in [0.2, 0.25) is 5.91 Å². The summed E-state index contributed by atoms with van der Waals surface area (Å²) in [6.45, 7) is 2.51. The molecule has 0 bridgehead atoms. The van der Waals surface area contributed by atoms with Crippen LogP contribution in [0.1, 0.15) is 42.8 Å². The molecule has 0 fully saturated rings. The van der Waals surface area contributed by atoms with E-state index in [-0.39, 0.29) is 11.9 Å². The van der Waals surface area contributed by atoms with Crippen LogP contribution in [0, 0.1) is 0 Å². The van der Waals surface area contributed by atoms with Crippen molar-refractivity contribution in [3.8, 4) is 0 Å². The third-order valence-corrected chi connectivity index (χ3v) is 5.08. The number of hydrogen-bond acceptors (Lipinski definition) is 3. The van der Waals surface area contributed by atoms with Gasteiger partial charge in [-0.15, -0.1) is 0 Å². The van der Waals surface area contributed by atoms with Gasteiger partial charge in [-0.1, -0.05) is 12.1 Å². The fraction of sp³-hybridized carbons (Fsp3) is 0.421. The Morgan fingerprint density at radius 3 is 3.08 bits per heavy atom. The summed E-state index contributed by atoms with van der Waals surface area (Å²) in [4.78, 5) is 16.9. The first-order valence-electron chi connectivity index (χ1n) is 8.98. The number of nitrogens with one attached hydrogen (secondary N) is 2. The lowest BCUT2D eigenvalue weighted by Gasteiger charge is -2.15. The van der Waals surface area contributed by atoms with Gasteiger partial charge in [0.1, 0.15) is 6.04 Å². The quantitative estimate of drug-likeness (QED) is 0.751. The molecule has 25 heavy (non-hydrogen) atoms. The van der Waals surface area contributed by atoms with Crippen LogP contribution >= 0.6 is 0 Å². The smallest absolute Gasteiger partial charge is 0.242 e. The molecule has 0 saturated heterocycles. The molecule has 1 aliphatic carbocycles. The number of carbonyl (C=O) groups is 1. The first-order valence-corrected chi connectivity index (χ1v) is 8.98. The number of hydrogen-bond donors (Lipinski definition) is 2. The average Bonchev–Trinajstić information content (AvgIpc) is 3.25. The van der Waals surface area contributed by atoms with Crippen LogP contribution < -0.4 is 5.32 Å². The third-order valence-electron chi connectivity index (χ3n) is 5.08. The van der Waals surface area contributed by atoms with E-state index in [2.05, 4.69) is 20.5 Å². The van der Waals surface area contributed by atoms with Crippen LogP contribution in [-0.4, -0.2) is 32.2 Å². The highest BCUT2D eigenvalue weighted by Gasteiger charge is 2.19.